The number of fused-ring (bicyclic) bond motifs is 1. The van der Waals surface area contributed by atoms with Crippen LogP contribution in [0.3, 0.4) is 0 Å². The van der Waals surface area contributed by atoms with Gasteiger partial charge in [0.1, 0.15) is 10.8 Å². The molecule has 0 fully saturated rings. The Morgan fingerprint density at radius 1 is 1.38 bits per heavy atom. The van der Waals surface area contributed by atoms with E-state index in [2.05, 4.69) is 26.1 Å². The number of rotatable bonds is 5. The molecule has 1 atom stereocenters. The molecule has 1 aliphatic carbocycles. The zero-order valence-electron chi connectivity index (χ0n) is 15.8. The topological polar surface area (TPSA) is 85.3 Å². The minimum Gasteiger partial charge on any atom is -0.456 e. The van der Waals surface area contributed by atoms with Crippen molar-refractivity contribution in [1.82, 2.24) is 0 Å². The monoisotopic (exact) mass is 374 g/mol. The largest absolute Gasteiger partial charge is 0.456 e. The lowest BCUT2D eigenvalue weighted by Gasteiger charge is -2.36. The lowest BCUT2D eigenvalue weighted by atomic mass is 9.69. The van der Waals surface area contributed by atoms with Crippen molar-refractivity contribution < 1.29 is 14.0 Å². The molecule has 2 amide bonds. The van der Waals surface area contributed by atoms with E-state index in [9.17, 15) is 9.59 Å². The molecule has 0 aliphatic heterocycles. The molecule has 0 aromatic carbocycles. The van der Waals surface area contributed by atoms with Crippen LogP contribution in [0.4, 0.5) is 5.00 Å². The fourth-order valence-corrected chi connectivity index (χ4v) is 4.94. The minimum absolute atomic E-state index is 0.231. The number of thiophene rings is 1. The van der Waals surface area contributed by atoms with Crippen molar-refractivity contribution >= 4 is 28.2 Å². The van der Waals surface area contributed by atoms with Crippen molar-refractivity contribution in [1.29, 1.82) is 0 Å². The van der Waals surface area contributed by atoms with E-state index in [-0.39, 0.29) is 17.1 Å². The van der Waals surface area contributed by atoms with Crippen LogP contribution in [0.5, 0.6) is 0 Å². The maximum absolute atomic E-state index is 12.4. The van der Waals surface area contributed by atoms with E-state index in [0.717, 1.165) is 31.2 Å². The molecule has 140 valence electrons. The molecule has 0 saturated carbocycles. The van der Waals surface area contributed by atoms with Gasteiger partial charge in [-0.2, -0.15) is 0 Å². The van der Waals surface area contributed by atoms with E-state index >= 15 is 0 Å². The second-order valence-corrected chi connectivity index (χ2v) is 8.82. The Labute approximate surface area is 158 Å². The second kappa shape index (κ2) is 6.91. The zero-order valence-corrected chi connectivity index (χ0v) is 16.6. The molecule has 2 aromatic rings. The normalized spacial score (nSPS) is 17.0. The van der Waals surface area contributed by atoms with Crippen molar-refractivity contribution in [3.8, 4) is 0 Å². The van der Waals surface area contributed by atoms with E-state index in [1.54, 1.807) is 19.1 Å². The third-order valence-corrected chi connectivity index (χ3v) is 6.89. The maximum atomic E-state index is 12.4. The van der Waals surface area contributed by atoms with Crippen LogP contribution in [0.1, 0.15) is 70.7 Å². The zero-order chi connectivity index (χ0) is 19.1. The molecule has 0 saturated heterocycles. The number of hydrogen-bond donors (Lipinski definition) is 2. The smallest absolute Gasteiger partial charge is 0.291 e. The van der Waals surface area contributed by atoms with Crippen LogP contribution in [0.15, 0.2) is 16.5 Å². The second-order valence-electron chi connectivity index (χ2n) is 7.72. The van der Waals surface area contributed by atoms with Crippen molar-refractivity contribution in [2.24, 2.45) is 17.1 Å². The van der Waals surface area contributed by atoms with Gasteiger partial charge in [-0.3, -0.25) is 9.59 Å². The highest BCUT2D eigenvalue weighted by Crippen LogP contribution is 2.45. The number of amides is 2. The average Bonchev–Trinajstić information content (AvgIpc) is 3.17. The van der Waals surface area contributed by atoms with Gasteiger partial charge in [0.05, 0.1) is 5.56 Å². The number of carbonyl (C=O) groups is 2. The number of furan rings is 1. The molecule has 3 rings (SSSR count). The molecule has 2 heterocycles. The third kappa shape index (κ3) is 3.43. The summed E-state index contributed by atoms with van der Waals surface area (Å²) < 4.78 is 5.37. The molecule has 0 bridgehead atoms. The summed E-state index contributed by atoms with van der Waals surface area (Å²) in [5.74, 6) is 0.622. The van der Waals surface area contributed by atoms with E-state index in [1.165, 1.54) is 16.2 Å². The lowest BCUT2D eigenvalue weighted by Crippen LogP contribution is -2.29. The summed E-state index contributed by atoms with van der Waals surface area (Å²) in [6, 6.07) is 3.36. The fraction of sp³-hybridized carbons (Fsp3) is 0.500. The van der Waals surface area contributed by atoms with Gasteiger partial charge >= 0.3 is 0 Å². The molecule has 0 spiro atoms. The van der Waals surface area contributed by atoms with Crippen molar-refractivity contribution in [2.45, 2.75) is 53.4 Å². The van der Waals surface area contributed by atoms with Gasteiger partial charge in [-0.05, 0) is 55.2 Å². The van der Waals surface area contributed by atoms with Crippen LogP contribution < -0.4 is 11.1 Å². The first-order chi connectivity index (χ1) is 12.2. The quantitative estimate of drug-likeness (QED) is 0.805. The fourth-order valence-electron chi connectivity index (χ4n) is 3.61. The first-order valence-corrected chi connectivity index (χ1v) is 9.86. The predicted molar refractivity (Wildman–Crippen MR) is 104 cm³/mol. The van der Waals surface area contributed by atoms with Crippen LogP contribution in [0.25, 0.3) is 0 Å². The first kappa shape index (κ1) is 18.7. The van der Waals surface area contributed by atoms with Crippen molar-refractivity contribution in [2.75, 3.05) is 5.32 Å². The summed E-state index contributed by atoms with van der Waals surface area (Å²) in [4.78, 5) is 25.7. The summed E-state index contributed by atoms with van der Waals surface area (Å²) in [5.41, 5.74) is 7.37. The molecular weight excluding hydrogens is 348 g/mol. The van der Waals surface area contributed by atoms with Crippen LogP contribution in [0, 0.1) is 18.3 Å². The Balaban J connectivity index is 1.90. The Morgan fingerprint density at radius 3 is 2.69 bits per heavy atom. The highest BCUT2D eigenvalue weighted by atomic mass is 32.1. The highest BCUT2D eigenvalue weighted by molar-refractivity contribution is 7.17. The first-order valence-electron chi connectivity index (χ1n) is 9.05. The molecule has 3 N–H and O–H groups in total. The SMILES string of the molecule is CCC(C)(C)C1CCc2c(sc(NC(=O)c3ccc(C)o3)c2C(N)=O)C1. The molecule has 6 heteroatoms. The van der Waals surface area contributed by atoms with Gasteiger partial charge in [0, 0.05) is 4.88 Å². The average molecular weight is 375 g/mol. The third-order valence-electron chi connectivity index (χ3n) is 5.72. The molecule has 1 aliphatic rings. The van der Waals surface area contributed by atoms with Gasteiger partial charge in [0.15, 0.2) is 5.76 Å². The summed E-state index contributed by atoms with van der Waals surface area (Å²) in [5, 5.41) is 3.37. The predicted octanol–water partition coefficient (Wildman–Crippen LogP) is 4.54. The molecule has 1 unspecified atom stereocenters. The lowest BCUT2D eigenvalue weighted by molar-refractivity contribution is 0.0995. The van der Waals surface area contributed by atoms with Gasteiger partial charge in [0.2, 0.25) is 0 Å². The minimum atomic E-state index is -0.485. The van der Waals surface area contributed by atoms with Crippen molar-refractivity contribution in [3.05, 3.63) is 39.7 Å². The van der Waals surface area contributed by atoms with Gasteiger partial charge < -0.3 is 15.5 Å². The van der Waals surface area contributed by atoms with Gasteiger partial charge in [-0.1, -0.05) is 27.2 Å². The number of hydrogen-bond acceptors (Lipinski definition) is 4. The van der Waals surface area contributed by atoms with Gasteiger partial charge in [-0.25, -0.2) is 0 Å². The highest BCUT2D eigenvalue weighted by Gasteiger charge is 2.35. The molecule has 0 radical (unpaired) electrons. The summed E-state index contributed by atoms with van der Waals surface area (Å²) >= 11 is 1.48. The van der Waals surface area contributed by atoms with Gasteiger partial charge in [-0.15, -0.1) is 11.3 Å². The van der Waals surface area contributed by atoms with Crippen LogP contribution in [0.2, 0.25) is 0 Å². The number of primary amides is 1. The van der Waals surface area contributed by atoms with E-state index in [1.807, 2.05) is 0 Å². The Kier molecular flexibility index (Phi) is 4.97. The molecule has 2 aromatic heterocycles. The summed E-state index contributed by atoms with van der Waals surface area (Å²) in [6.07, 6.45) is 3.91. The molecular formula is C20H26N2O3S. The number of anilines is 1. The summed E-state index contributed by atoms with van der Waals surface area (Å²) in [6.45, 7) is 8.60. The van der Waals surface area contributed by atoms with Crippen molar-refractivity contribution in [3.63, 3.8) is 0 Å². The van der Waals surface area contributed by atoms with E-state index < -0.39 is 5.91 Å². The van der Waals surface area contributed by atoms with Crippen LogP contribution in [-0.4, -0.2) is 11.8 Å². The summed E-state index contributed by atoms with van der Waals surface area (Å²) in [7, 11) is 0. The Bertz CT molecular complexity index is 847. The number of aryl methyl sites for hydroxylation is 1. The van der Waals surface area contributed by atoms with Crippen LogP contribution >= 0.6 is 11.3 Å². The number of nitrogens with two attached hydrogens (primary N) is 1. The number of nitrogens with one attached hydrogen (secondary N) is 1. The standard InChI is InChI=1S/C20H26N2O3S/c1-5-20(3,4)12-7-8-13-15(10-12)26-19(16(13)17(21)23)22-18(24)14-9-6-11(2)25-14/h6,9,12H,5,7-8,10H2,1-4H3,(H2,21,23)(H,22,24). The Hall–Kier alpha value is -2.08. The van der Waals surface area contributed by atoms with E-state index in [0.29, 0.717) is 22.2 Å². The van der Waals surface area contributed by atoms with E-state index in [4.69, 9.17) is 10.2 Å². The Morgan fingerprint density at radius 2 is 2.12 bits per heavy atom. The van der Waals surface area contributed by atoms with Gasteiger partial charge in [0.25, 0.3) is 11.8 Å². The molecule has 5 nitrogen and oxygen atoms in total. The van der Waals surface area contributed by atoms with Crippen LogP contribution in [-0.2, 0) is 12.8 Å². The molecule has 26 heavy (non-hydrogen) atoms. The maximum Gasteiger partial charge on any atom is 0.291 e. The number of carbonyl (C=O) groups excluding carboxylic acids is 2.